The zero-order valence-corrected chi connectivity index (χ0v) is 25.6. The molecule has 9 nitrogen and oxygen atoms in total. The Morgan fingerprint density at radius 3 is 2.53 bits per heavy atom. The number of likely N-dealkylation sites (N-methyl/N-ethyl adjacent to an activating group) is 1. The van der Waals surface area contributed by atoms with Gasteiger partial charge >= 0.3 is 0 Å². The molecule has 0 aliphatic carbocycles. The summed E-state index contributed by atoms with van der Waals surface area (Å²) >= 11 is 0. The van der Waals surface area contributed by atoms with E-state index in [9.17, 15) is 9.18 Å². The lowest BCUT2D eigenvalue weighted by Crippen LogP contribution is -2.29. The van der Waals surface area contributed by atoms with Crippen molar-refractivity contribution in [3.8, 4) is 11.3 Å². The summed E-state index contributed by atoms with van der Waals surface area (Å²) in [4.78, 5) is 26.8. The molecule has 2 aromatic heterocycles. The summed E-state index contributed by atoms with van der Waals surface area (Å²) in [6.07, 6.45) is 7.43. The van der Waals surface area contributed by atoms with Crippen LogP contribution in [0.25, 0.3) is 22.3 Å². The van der Waals surface area contributed by atoms with Crippen LogP contribution in [0.3, 0.4) is 0 Å². The Hall–Kier alpha value is -5.09. The van der Waals surface area contributed by atoms with Crippen molar-refractivity contribution in [3.63, 3.8) is 0 Å². The highest BCUT2D eigenvalue weighted by molar-refractivity contribution is 6.01. The van der Waals surface area contributed by atoms with Gasteiger partial charge in [-0.15, -0.1) is 0 Å². The quantitative estimate of drug-likeness (QED) is 0.141. The molecule has 230 valence electrons. The largest absolute Gasteiger partial charge is 0.371 e. The molecule has 1 saturated heterocycles. The third-order valence-corrected chi connectivity index (χ3v) is 7.68. The van der Waals surface area contributed by atoms with Crippen molar-refractivity contribution in [1.82, 2.24) is 25.1 Å². The minimum absolute atomic E-state index is 0.0227. The number of aromatic nitrogens is 4. The molecule has 1 fully saturated rings. The first-order chi connectivity index (χ1) is 21.9. The normalized spacial score (nSPS) is 13.6. The van der Waals surface area contributed by atoms with Gasteiger partial charge in [0.2, 0.25) is 5.95 Å². The molecule has 3 N–H and O–H groups in total. The maximum Gasteiger partial charge on any atom is 0.229 e. The highest BCUT2D eigenvalue weighted by Gasteiger charge is 2.19. The molecule has 45 heavy (non-hydrogen) atoms. The van der Waals surface area contributed by atoms with E-state index in [2.05, 4.69) is 37.9 Å². The lowest BCUT2D eigenvalue weighted by atomic mass is 10.0. The Morgan fingerprint density at radius 1 is 0.956 bits per heavy atom. The number of rotatable bonds is 11. The molecule has 0 bridgehead atoms. The number of hydrogen-bond donors (Lipinski definition) is 3. The van der Waals surface area contributed by atoms with Gasteiger partial charge in [0, 0.05) is 48.7 Å². The molecule has 0 atom stereocenters. The highest BCUT2D eigenvalue weighted by atomic mass is 19.1. The minimum Gasteiger partial charge on any atom is -0.371 e. The first-order valence-corrected chi connectivity index (χ1v) is 15.3. The Balaban J connectivity index is 1.36. The zero-order valence-electron chi connectivity index (χ0n) is 25.6. The van der Waals surface area contributed by atoms with E-state index in [1.165, 1.54) is 37.1 Å². The van der Waals surface area contributed by atoms with E-state index >= 15 is 0 Å². The van der Waals surface area contributed by atoms with E-state index in [1.54, 1.807) is 18.2 Å². The molecule has 5 aromatic rings. The zero-order chi connectivity index (χ0) is 31.2. The van der Waals surface area contributed by atoms with Gasteiger partial charge in [-0.2, -0.15) is 10.1 Å². The van der Waals surface area contributed by atoms with Crippen molar-refractivity contribution in [3.05, 3.63) is 96.3 Å². The first kappa shape index (κ1) is 30.0. The number of carbonyl (C=O) groups excluding carboxylic acids is 1. The fourth-order valence-corrected chi connectivity index (χ4v) is 5.54. The number of benzene rings is 3. The van der Waals surface area contributed by atoms with E-state index in [-0.39, 0.29) is 18.0 Å². The molecule has 10 heteroatoms. The molecule has 1 aliphatic heterocycles. The van der Waals surface area contributed by atoms with Crippen LogP contribution in [0.5, 0.6) is 0 Å². The summed E-state index contributed by atoms with van der Waals surface area (Å²) in [6, 6.07) is 22.3. The minimum atomic E-state index is -0.351. The van der Waals surface area contributed by atoms with Crippen LogP contribution in [0.4, 0.5) is 33.2 Å². The van der Waals surface area contributed by atoms with Gasteiger partial charge in [0.15, 0.2) is 11.4 Å². The fourth-order valence-electron chi connectivity index (χ4n) is 5.54. The smallest absolute Gasteiger partial charge is 0.229 e. The number of allylic oxidation sites excluding steroid dienone is 1. The predicted molar refractivity (Wildman–Crippen MR) is 179 cm³/mol. The van der Waals surface area contributed by atoms with Crippen molar-refractivity contribution in [1.29, 1.82) is 0 Å². The second-order valence-corrected chi connectivity index (χ2v) is 11.6. The van der Waals surface area contributed by atoms with Crippen LogP contribution in [0.15, 0.2) is 84.9 Å². The van der Waals surface area contributed by atoms with E-state index in [0.29, 0.717) is 40.7 Å². The van der Waals surface area contributed by atoms with Crippen LogP contribution in [0.2, 0.25) is 0 Å². The van der Waals surface area contributed by atoms with Gasteiger partial charge in [-0.1, -0.05) is 36.4 Å². The van der Waals surface area contributed by atoms with Gasteiger partial charge in [-0.05, 0) is 87.5 Å². The molecule has 6 rings (SSSR count). The number of carbonyl (C=O) groups is 1. The predicted octanol–water partition coefficient (Wildman–Crippen LogP) is 6.87. The SMILES string of the molecule is CN(C)C/C=C/C(=O)Cc1cccc(-c2nc(Nc3cccc(N4CCCCC4)c3)nc3n[nH]c(Nc4cccc(F)c4)c23)c1. The summed E-state index contributed by atoms with van der Waals surface area (Å²) in [5, 5.41) is 14.8. The summed E-state index contributed by atoms with van der Waals surface area (Å²) in [5.74, 6) is 0.604. The van der Waals surface area contributed by atoms with Gasteiger partial charge in [-0.25, -0.2) is 9.37 Å². The topological polar surface area (TPSA) is 102 Å². The molecule has 0 amide bonds. The van der Waals surface area contributed by atoms with Crippen LogP contribution >= 0.6 is 0 Å². The van der Waals surface area contributed by atoms with Gasteiger partial charge in [0.05, 0.1) is 11.1 Å². The second kappa shape index (κ2) is 13.7. The maximum absolute atomic E-state index is 14.0. The standard InChI is InChI=1S/C35H37FN8O/c1-43(2)17-9-16-30(45)21-24-10-6-11-25(20-24)32-31-33(37-27-13-7-12-26(36)22-27)41-42-34(31)40-35(39-32)38-28-14-8-15-29(23-28)44-18-4-3-5-19-44/h6-16,20,22-23H,3-5,17-19,21H2,1-2H3,(H3,37,38,39,40,41,42)/b16-9+. The average molecular weight is 605 g/mol. The number of aromatic amines is 1. The number of ketones is 1. The maximum atomic E-state index is 14.0. The molecule has 3 heterocycles. The highest BCUT2D eigenvalue weighted by Crippen LogP contribution is 2.34. The van der Waals surface area contributed by atoms with Crippen LogP contribution < -0.4 is 15.5 Å². The molecule has 1 aliphatic rings. The fraction of sp³-hybridized carbons (Fsp3) is 0.257. The Labute approximate surface area is 262 Å². The summed E-state index contributed by atoms with van der Waals surface area (Å²) < 4.78 is 14.0. The molecule has 0 saturated carbocycles. The summed E-state index contributed by atoms with van der Waals surface area (Å²) in [5.41, 5.74) is 5.35. The van der Waals surface area contributed by atoms with Crippen molar-refractivity contribution in [2.24, 2.45) is 0 Å². The van der Waals surface area contributed by atoms with Gasteiger partial charge in [-0.3, -0.25) is 9.89 Å². The van der Waals surface area contributed by atoms with Crippen LogP contribution in [-0.2, 0) is 11.2 Å². The Bertz CT molecular complexity index is 1830. The van der Waals surface area contributed by atoms with Gasteiger partial charge in [0.25, 0.3) is 0 Å². The molecular formula is C35H37FN8O. The molecular weight excluding hydrogens is 567 g/mol. The summed E-state index contributed by atoms with van der Waals surface area (Å²) in [6.45, 7) is 2.80. The number of fused-ring (bicyclic) bond motifs is 1. The monoisotopic (exact) mass is 604 g/mol. The van der Waals surface area contributed by atoms with Crippen molar-refractivity contribution in [2.75, 3.05) is 49.3 Å². The van der Waals surface area contributed by atoms with Crippen molar-refractivity contribution < 1.29 is 9.18 Å². The third-order valence-electron chi connectivity index (χ3n) is 7.68. The third kappa shape index (κ3) is 7.53. The van der Waals surface area contributed by atoms with E-state index < -0.39 is 0 Å². The number of anilines is 5. The van der Waals surface area contributed by atoms with Crippen molar-refractivity contribution in [2.45, 2.75) is 25.7 Å². The molecule has 0 unspecified atom stereocenters. The van der Waals surface area contributed by atoms with Crippen LogP contribution in [0, 0.1) is 5.82 Å². The summed E-state index contributed by atoms with van der Waals surface area (Å²) in [7, 11) is 3.92. The Kier molecular flexibility index (Phi) is 9.11. The number of H-pyrrole nitrogens is 1. The second-order valence-electron chi connectivity index (χ2n) is 11.6. The molecule has 3 aromatic carbocycles. The number of piperidine rings is 1. The first-order valence-electron chi connectivity index (χ1n) is 15.3. The van der Waals surface area contributed by atoms with Crippen LogP contribution in [0.1, 0.15) is 24.8 Å². The van der Waals surface area contributed by atoms with Crippen LogP contribution in [-0.4, -0.2) is 64.6 Å². The number of nitrogens with one attached hydrogen (secondary N) is 3. The average Bonchev–Trinajstić information content (AvgIpc) is 3.43. The number of hydrogen-bond acceptors (Lipinski definition) is 8. The number of nitrogens with zero attached hydrogens (tertiary/aromatic N) is 5. The lowest BCUT2D eigenvalue weighted by Gasteiger charge is -2.29. The van der Waals surface area contributed by atoms with Gasteiger partial charge in [0.1, 0.15) is 11.6 Å². The van der Waals surface area contributed by atoms with Crippen molar-refractivity contribution >= 4 is 45.6 Å². The molecule has 0 radical (unpaired) electrons. The lowest BCUT2D eigenvalue weighted by molar-refractivity contribution is -0.114. The number of halogens is 1. The van der Waals surface area contributed by atoms with E-state index in [4.69, 9.17) is 9.97 Å². The van der Waals surface area contributed by atoms with E-state index in [1.807, 2.05) is 61.5 Å². The van der Waals surface area contributed by atoms with E-state index in [0.717, 1.165) is 29.9 Å². The molecule has 0 spiro atoms. The Morgan fingerprint density at radius 2 is 1.73 bits per heavy atom. The van der Waals surface area contributed by atoms with Gasteiger partial charge < -0.3 is 20.4 Å².